The summed E-state index contributed by atoms with van der Waals surface area (Å²) >= 11 is 1.63. The summed E-state index contributed by atoms with van der Waals surface area (Å²) in [5.41, 5.74) is 3.58. The van der Waals surface area contributed by atoms with E-state index in [9.17, 15) is 9.59 Å². The highest BCUT2D eigenvalue weighted by Gasteiger charge is 2.23. The van der Waals surface area contributed by atoms with Gasteiger partial charge < -0.3 is 4.90 Å². The molecule has 2 aliphatic rings. The maximum Gasteiger partial charge on any atom is 0.262 e. The van der Waals surface area contributed by atoms with Gasteiger partial charge in [-0.2, -0.15) is 0 Å². The van der Waals surface area contributed by atoms with Crippen LogP contribution in [0.15, 0.2) is 47.5 Å². The molecule has 0 N–H and O–H groups in total. The van der Waals surface area contributed by atoms with Crippen molar-refractivity contribution in [2.24, 2.45) is 0 Å². The average molecular weight is 391 g/mol. The predicted octanol–water partition coefficient (Wildman–Crippen LogP) is 3.26. The van der Waals surface area contributed by atoms with Crippen molar-refractivity contribution in [3.63, 3.8) is 0 Å². The first-order valence-corrected chi connectivity index (χ1v) is 10.5. The second-order valence-corrected chi connectivity index (χ2v) is 8.48. The van der Waals surface area contributed by atoms with Gasteiger partial charge in [0.2, 0.25) is 5.91 Å². The number of aryl methyl sites for hydroxylation is 2. The van der Waals surface area contributed by atoms with Gasteiger partial charge in [0, 0.05) is 18.0 Å². The lowest BCUT2D eigenvalue weighted by Gasteiger charge is -2.27. The van der Waals surface area contributed by atoms with Crippen LogP contribution in [0, 0.1) is 0 Å². The molecule has 1 amide bonds. The molecule has 142 valence electrons. The normalized spacial score (nSPS) is 16.3. The number of aromatic nitrogens is 2. The first kappa shape index (κ1) is 17.4. The first-order chi connectivity index (χ1) is 13.7. The number of fused-ring (bicyclic) bond motifs is 3. The van der Waals surface area contributed by atoms with Gasteiger partial charge in [0.05, 0.1) is 11.7 Å². The van der Waals surface area contributed by atoms with Crippen LogP contribution >= 0.6 is 11.3 Å². The minimum Gasteiger partial charge on any atom is -0.337 e. The number of nitrogens with zero attached hydrogens (tertiary/aromatic N) is 3. The zero-order valence-electron chi connectivity index (χ0n) is 15.6. The third-order valence-electron chi connectivity index (χ3n) is 5.70. The summed E-state index contributed by atoms with van der Waals surface area (Å²) in [6.07, 6.45) is 7.58. The van der Waals surface area contributed by atoms with Crippen LogP contribution in [0.2, 0.25) is 0 Å². The molecule has 0 bridgehead atoms. The zero-order chi connectivity index (χ0) is 19.1. The first-order valence-electron chi connectivity index (χ1n) is 9.72. The standard InChI is InChI=1S/C22H21N3O2S/c26-19(24-11-9-16(10-12-24)15-5-2-1-3-6-15)13-25-14-23-21-20(22(25)27)17-7-4-8-18(17)28-21/h1-3,5-6,9,14H,4,7-8,10-13H2. The molecule has 0 unspecified atom stereocenters. The van der Waals surface area contributed by atoms with Crippen LogP contribution in [0.3, 0.4) is 0 Å². The molecule has 3 aromatic rings. The molecule has 0 fully saturated rings. The Morgan fingerprint density at radius 3 is 2.79 bits per heavy atom. The fourth-order valence-corrected chi connectivity index (χ4v) is 5.41. The minimum absolute atomic E-state index is 0.0292. The molecular weight excluding hydrogens is 370 g/mol. The van der Waals surface area contributed by atoms with Gasteiger partial charge in [-0.05, 0) is 42.4 Å². The summed E-state index contributed by atoms with van der Waals surface area (Å²) in [7, 11) is 0. The lowest BCUT2D eigenvalue weighted by molar-refractivity contribution is -0.131. The number of carbonyl (C=O) groups is 1. The summed E-state index contributed by atoms with van der Waals surface area (Å²) in [6, 6.07) is 10.3. The van der Waals surface area contributed by atoms with E-state index in [1.165, 1.54) is 26.9 Å². The van der Waals surface area contributed by atoms with Crippen molar-refractivity contribution in [3.8, 4) is 0 Å². The van der Waals surface area contributed by atoms with Crippen molar-refractivity contribution in [2.75, 3.05) is 13.1 Å². The molecule has 1 aromatic carbocycles. The quantitative estimate of drug-likeness (QED) is 0.689. The van der Waals surface area contributed by atoms with Crippen LogP contribution in [-0.4, -0.2) is 33.4 Å². The molecule has 5 nitrogen and oxygen atoms in total. The molecule has 1 aliphatic heterocycles. The van der Waals surface area contributed by atoms with Crippen molar-refractivity contribution in [2.45, 2.75) is 32.2 Å². The Hall–Kier alpha value is -2.73. The van der Waals surface area contributed by atoms with E-state index in [1.54, 1.807) is 11.3 Å². The molecule has 5 rings (SSSR count). The van der Waals surface area contributed by atoms with Crippen LogP contribution in [0.25, 0.3) is 15.8 Å². The Morgan fingerprint density at radius 2 is 2.00 bits per heavy atom. The van der Waals surface area contributed by atoms with Crippen molar-refractivity contribution in [3.05, 3.63) is 69.1 Å². The highest BCUT2D eigenvalue weighted by Crippen LogP contribution is 2.34. The topological polar surface area (TPSA) is 55.2 Å². The zero-order valence-corrected chi connectivity index (χ0v) is 16.4. The molecule has 2 aromatic heterocycles. The van der Waals surface area contributed by atoms with Gasteiger partial charge in [-0.3, -0.25) is 14.2 Å². The number of carbonyl (C=O) groups excluding carboxylic acids is 1. The average Bonchev–Trinajstić information content (AvgIpc) is 3.32. The minimum atomic E-state index is -0.0738. The SMILES string of the molecule is O=C(Cn1cnc2sc3c(c2c1=O)CCC3)N1CC=C(c2ccccc2)CC1. The van der Waals surface area contributed by atoms with Gasteiger partial charge >= 0.3 is 0 Å². The summed E-state index contributed by atoms with van der Waals surface area (Å²) in [6.45, 7) is 1.32. The monoisotopic (exact) mass is 391 g/mol. The van der Waals surface area contributed by atoms with E-state index >= 15 is 0 Å². The van der Waals surface area contributed by atoms with Crippen LogP contribution in [0.5, 0.6) is 0 Å². The molecule has 0 radical (unpaired) electrons. The number of hydrogen-bond donors (Lipinski definition) is 0. The molecule has 0 saturated carbocycles. The van der Waals surface area contributed by atoms with Crippen molar-refractivity contribution in [1.82, 2.24) is 14.5 Å². The van der Waals surface area contributed by atoms with E-state index < -0.39 is 0 Å². The Morgan fingerprint density at radius 1 is 1.14 bits per heavy atom. The maximum atomic E-state index is 13.0. The lowest BCUT2D eigenvalue weighted by Crippen LogP contribution is -2.39. The second-order valence-electron chi connectivity index (χ2n) is 7.40. The molecule has 0 spiro atoms. The van der Waals surface area contributed by atoms with Crippen molar-refractivity contribution in [1.29, 1.82) is 0 Å². The van der Waals surface area contributed by atoms with Gasteiger partial charge in [-0.25, -0.2) is 4.98 Å². The predicted molar refractivity (Wildman–Crippen MR) is 112 cm³/mol. The van der Waals surface area contributed by atoms with Gasteiger partial charge in [-0.15, -0.1) is 11.3 Å². The van der Waals surface area contributed by atoms with Crippen LogP contribution in [-0.2, 0) is 24.2 Å². The Labute approximate surface area is 166 Å². The van der Waals surface area contributed by atoms with E-state index in [1.807, 2.05) is 23.1 Å². The fraction of sp³-hybridized carbons (Fsp3) is 0.318. The van der Waals surface area contributed by atoms with Crippen LogP contribution in [0.1, 0.15) is 28.8 Å². The summed E-state index contributed by atoms with van der Waals surface area (Å²) in [5, 5.41) is 0.734. The largest absolute Gasteiger partial charge is 0.337 e. The van der Waals surface area contributed by atoms with Gasteiger partial charge in [0.1, 0.15) is 11.4 Å². The molecule has 3 heterocycles. The Bertz CT molecular complexity index is 1140. The Balaban J connectivity index is 1.34. The number of thiophene rings is 1. The highest BCUT2D eigenvalue weighted by atomic mass is 32.1. The van der Waals surface area contributed by atoms with Crippen LogP contribution < -0.4 is 5.56 Å². The number of rotatable bonds is 3. The molecule has 6 heteroatoms. The van der Waals surface area contributed by atoms with E-state index in [0.717, 1.165) is 41.5 Å². The van der Waals surface area contributed by atoms with Gasteiger partial charge in [0.15, 0.2) is 0 Å². The van der Waals surface area contributed by atoms with Gasteiger partial charge in [-0.1, -0.05) is 36.4 Å². The van der Waals surface area contributed by atoms with Gasteiger partial charge in [0.25, 0.3) is 5.56 Å². The number of benzene rings is 1. The second kappa shape index (κ2) is 7.02. The van der Waals surface area contributed by atoms with E-state index in [2.05, 4.69) is 23.2 Å². The third-order valence-corrected chi connectivity index (χ3v) is 6.90. The molecule has 1 aliphatic carbocycles. The van der Waals surface area contributed by atoms with Crippen LogP contribution in [0.4, 0.5) is 0 Å². The van der Waals surface area contributed by atoms with E-state index in [-0.39, 0.29) is 18.0 Å². The highest BCUT2D eigenvalue weighted by molar-refractivity contribution is 7.18. The lowest BCUT2D eigenvalue weighted by atomic mass is 9.99. The van der Waals surface area contributed by atoms with E-state index in [0.29, 0.717) is 13.1 Å². The maximum absolute atomic E-state index is 13.0. The molecule has 0 saturated heterocycles. The van der Waals surface area contributed by atoms with Crippen molar-refractivity contribution < 1.29 is 4.79 Å². The fourth-order valence-electron chi connectivity index (χ4n) is 4.19. The third kappa shape index (κ3) is 2.98. The molecular formula is C22H21N3O2S. The van der Waals surface area contributed by atoms with Crippen molar-refractivity contribution >= 4 is 33.0 Å². The summed E-state index contributed by atoms with van der Waals surface area (Å²) in [5.74, 6) is -0.0292. The molecule has 0 atom stereocenters. The summed E-state index contributed by atoms with van der Waals surface area (Å²) in [4.78, 5) is 34.1. The smallest absolute Gasteiger partial charge is 0.262 e. The summed E-state index contributed by atoms with van der Waals surface area (Å²) < 4.78 is 1.48. The number of hydrogen-bond acceptors (Lipinski definition) is 4. The molecule has 28 heavy (non-hydrogen) atoms. The van der Waals surface area contributed by atoms with E-state index in [4.69, 9.17) is 0 Å². The Kier molecular flexibility index (Phi) is 4.36. The number of amides is 1.